The molecular weight excluding hydrogens is 250 g/mol. The lowest BCUT2D eigenvalue weighted by Crippen LogP contribution is -2.64. The first-order valence-electron chi connectivity index (χ1n) is 6.71. The van der Waals surface area contributed by atoms with Crippen molar-refractivity contribution in [3.05, 3.63) is 0 Å². The van der Waals surface area contributed by atoms with Crippen LogP contribution in [0.1, 0.15) is 26.7 Å². The second kappa shape index (κ2) is 5.46. The number of nitrogens with zero attached hydrogens (tertiary/aromatic N) is 1. The van der Waals surface area contributed by atoms with E-state index in [4.69, 9.17) is 14.6 Å². The molecule has 19 heavy (non-hydrogen) atoms. The van der Waals surface area contributed by atoms with Crippen molar-refractivity contribution in [2.75, 3.05) is 26.3 Å². The van der Waals surface area contributed by atoms with E-state index in [2.05, 4.69) is 0 Å². The fourth-order valence-corrected chi connectivity index (χ4v) is 2.81. The molecule has 0 aromatic heterocycles. The molecule has 0 saturated carbocycles. The number of carboxylic acid groups (broad SMARTS) is 1. The van der Waals surface area contributed by atoms with Gasteiger partial charge in [0.1, 0.15) is 12.2 Å². The van der Waals surface area contributed by atoms with Crippen molar-refractivity contribution >= 4 is 11.9 Å². The molecule has 0 aromatic carbocycles. The summed E-state index contributed by atoms with van der Waals surface area (Å²) in [7, 11) is 0. The third-order valence-electron chi connectivity index (χ3n) is 3.84. The molecule has 1 amide bonds. The van der Waals surface area contributed by atoms with E-state index in [1.54, 1.807) is 4.90 Å². The maximum Gasteiger partial charge on any atom is 0.329 e. The van der Waals surface area contributed by atoms with Crippen LogP contribution < -0.4 is 0 Å². The van der Waals surface area contributed by atoms with Crippen molar-refractivity contribution < 1.29 is 24.2 Å². The zero-order valence-corrected chi connectivity index (χ0v) is 11.4. The van der Waals surface area contributed by atoms with E-state index in [0.717, 1.165) is 12.8 Å². The number of hydrogen-bond donors (Lipinski definition) is 1. The van der Waals surface area contributed by atoms with Crippen LogP contribution in [0.25, 0.3) is 0 Å². The third-order valence-corrected chi connectivity index (χ3v) is 3.84. The number of amides is 1. The van der Waals surface area contributed by atoms with Gasteiger partial charge in [-0.15, -0.1) is 0 Å². The van der Waals surface area contributed by atoms with Crippen molar-refractivity contribution in [3.63, 3.8) is 0 Å². The average molecular weight is 271 g/mol. The van der Waals surface area contributed by atoms with Crippen LogP contribution in [0.15, 0.2) is 0 Å². The molecular formula is C13H21NO5. The van der Waals surface area contributed by atoms with Crippen molar-refractivity contribution in [1.82, 2.24) is 4.90 Å². The van der Waals surface area contributed by atoms with Crippen LogP contribution in [-0.4, -0.2) is 59.9 Å². The maximum absolute atomic E-state index is 12.3. The summed E-state index contributed by atoms with van der Waals surface area (Å²) < 4.78 is 10.8. The summed E-state index contributed by atoms with van der Waals surface area (Å²) in [5, 5.41) is 8.59. The molecule has 2 rings (SSSR count). The van der Waals surface area contributed by atoms with Crippen LogP contribution >= 0.6 is 0 Å². The molecule has 2 aliphatic heterocycles. The van der Waals surface area contributed by atoms with Gasteiger partial charge in [-0.3, -0.25) is 4.79 Å². The summed E-state index contributed by atoms with van der Waals surface area (Å²) in [5.41, 5.74) is -0.519. The van der Waals surface area contributed by atoms with E-state index in [9.17, 15) is 9.59 Å². The highest BCUT2D eigenvalue weighted by atomic mass is 16.5. The number of carbonyl (C=O) groups is 2. The lowest BCUT2D eigenvalue weighted by Gasteiger charge is -2.48. The standard InChI is InChI=1S/C13H21NO5/c1-3-10-9(4-5-18-10)12(17)14-7-13(2,8-14)19-6-11(15)16/h9-10H,3-8H2,1-2H3,(H,15,16). The van der Waals surface area contributed by atoms with Crippen LogP contribution in [0.5, 0.6) is 0 Å². The monoisotopic (exact) mass is 271 g/mol. The Morgan fingerprint density at radius 3 is 2.74 bits per heavy atom. The zero-order valence-electron chi connectivity index (χ0n) is 11.4. The molecule has 2 saturated heterocycles. The molecule has 2 aliphatic rings. The number of aliphatic carboxylic acids is 1. The number of hydrogen-bond acceptors (Lipinski definition) is 4. The molecule has 1 N–H and O–H groups in total. The first-order chi connectivity index (χ1) is 8.95. The number of carboxylic acids is 1. The van der Waals surface area contributed by atoms with Crippen molar-refractivity contribution in [2.45, 2.75) is 38.4 Å². The molecule has 0 aromatic rings. The lowest BCUT2D eigenvalue weighted by molar-refractivity contribution is -0.176. The van der Waals surface area contributed by atoms with E-state index in [-0.39, 0.29) is 24.5 Å². The Bertz CT molecular complexity index is 364. The van der Waals surface area contributed by atoms with Crippen LogP contribution in [0.2, 0.25) is 0 Å². The molecule has 6 nitrogen and oxygen atoms in total. The van der Waals surface area contributed by atoms with Crippen LogP contribution in [0, 0.1) is 5.92 Å². The van der Waals surface area contributed by atoms with Crippen LogP contribution in [-0.2, 0) is 19.1 Å². The number of likely N-dealkylation sites (tertiary alicyclic amines) is 1. The topological polar surface area (TPSA) is 76.1 Å². The second-order valence-corrected chi connectivity index (χ2v) is 5.54. The van der Waals surface area contributed by atoms with E-state index < -0.39 is 11.6 Å². The predicted octanol–water partition coefficient (Wildman–Crippen LogP) is 0.504. The minimum absolute atomic E-state index is 0.0271. The van der Waals surface area contributed by atoms with Gasteiger partial charge in [0.05, 0.1) is 25.1 Å². The second-order valence-electron chi connectivity index (χ2n) is 5.54. The summed E-state index contributed by atoms with van der Waals surface area (Å²) in [6.45, 7) is 5.12. The van der Waals surface area contributed by atoms with Crippen LogP contribution in [0.4, 0.5) is 0 Å². The van der Waals surface area contributed by atoms with Gasteiger partial charge < -0.3 is 19.5 Å². The van der Waals surface area contributed by atoms with E-state index in [1.807, 2.05) is 13.8 Å². The Morgan fingerprint density at radius 1 is 1.47 bits per heavy atom. The van der Waals surface area contributed by atoms with Crippen molar-refractivity contribution in [3.8, 4) is 0 Å². The highest BCUT2D eigenvalue weighted by molar-refractivity contribution is 5.81. The summed E-state index contributed by atoms with van der Waals surface area (Å²) in [6.07, 6.45) is 1.65. The van der Waals surface area contributed by atoms with Gasteiger partial charge in [-0.05, 0) is 19.8 Å². The van der Waals surface area contributed by atoms with E-state index in [0.29, 0.717) is 19.7 Å². The van der Waals surface area contributed by atoms with Gasteiger partial charge in [-0.1, -0.05) is 6.92 Å². The number of ether oxygens (including phenoxy) is 2. The first kappa shape index (κ1) is 14.3. The van der Waals surface area contributed by atoms with Crippen molar-refractivity contribution in [1.29, 1.82) is 0 Å². The van der Waals surface area contributed by atoms with Gasteiger partial charge in [0, 0.05) is 6.61 Å². The highest BCUT2D eigenvalue weighted by Gasteiger charge is 2.46. The van der Waals surface area contributed by atoms with Crippen LogP contribution in [0.3, 0.4) is 0 Å². The quantitative estimate of drug-likeness (QED) is 0.788. The Morgan fingerprint density at radius 2 is 2.16 bits per heavy atom. The summed E-state index contributed by atoms with van der Waals surface area (Å²) in [4.78, 5) is 24.5. The van der Waals surface area contributed by atoms with Gasteiger partial charge in [0.25, 0.3) is 0 Å². The Kier molecular flexibility index (Phi) is 4.10. The average Bonchev–Trinajstić information content (AvgIpc) is 2.80. The molecule has 0 bridgehead atoms. The fraction of sp³-hybridized carbons (Fsp3) is 0.846. The normalized spacial score (nSPS) is 29.1. The molecule has 6 heteroatoms. The largest absolute Gasteiger partial charge is 0.480 e. The molecule has 0 spiro atoms. The summed E-state index contributed by atoms with van der Waals surface area (Å²) in [6, 6.07) is 0. The van der Waals surface area contributed by atoms with Gasteiger partial charge in [-0.2, -0.15) is 0 Å². The Labute approximate surface area is 112 Å². The Hall–Kier alpha value is -1.14. The van der Waals surface area contributed by atoms with Crippen molar-refractivity contribution in [2.24, 2.45) is 5.92 Å². The maximum atomic E-state index is 12.3. The smallest absolute Gasteiger partial charge is 0.329 e. The molecule has 2 atom stereocenters. The molecule has 108 valence electrons. The highest BCUT2D eigenvalue weighted by Crippen LogP contribution is 2.31. The number of rotatable bonds is 5. The van der Waals surface area contributed by atoms with Gasteiger partial charge >= 0.3 is 5.97 Å². The molecule has 2 fully saturated rings. The number of carbonyl (C=O) groups excluding carboxylic acids is 1. The SMILES string of the molecule is CCC1OCCC1C(=O)N1CC(C)(OCC(=O)O)C1. The summed E-state index contributed by atoms with van der Waals surface area (Å²) in [5.74, 6) is -0.920. The van der Waals surface area contributed by atoms with Gasteiger partial charge in [-0.25, -0.2) is 4.79 Å². The third kappa shape index (κ3) is 3.06. The zero-order chi connectivity index (χ0) is 14.0. The van der Waals surface area contributed by atoms with Gasteiger partial charge in [0.15, 0.2) is 0 Å². The minimum atomic E-state index is -0.985. The summed E-state index contributed by atoms with van der Waals surface area (Å²) >= 11 is 0. The van der Waals surface area contributed by atoms with E-state index in [1.165, 1.54) is 0 Å². The fourth-order valence-electron chi connectivity index (χ4n) is 2.81. The first-order valence-corrected chi connectivity index (χ1v) is 6.71. The molecule has 0 aliphatic carbocycles. The minimum Gasteiger partial charge on any atom is -0.480 e. The predicted molar refractivity (Wildman–Crippen MR) is 66.7 cm³/mol. The molecule has 2 heterocycles. The Balaban J connectivity index is 1.82. The van der Waals surface area contributed by atoms with Gasteiger partial charge in [0.2, 0.25) is 5.91 Å². The van der Waals surface area contributed by atoms with E-state index >= 15 is 0 Å². The molecule has 2 unspecified atom stereocenters. The molecule has 0 radical (unpaired) electrons. The lowest BCUT2D eigenvalue weighted by atomic mass is 9.91.